The van der Waals surface area contributed by atoms with Crippen LogP contribution in [0.5, 0.6) is 0 Å². The normalized spacial score (nSPS) is 12.2. The number of thiazole rings is 1. The van der Waals surface area contributed by atoms with Crippen LogP contribution in [0.4, 0.5) is 13.9 Å². The third kappa shape index (κ3) is 3.33. The van der Waals surface area contributed by atoms with Gasteiger partial charge in [0, 0.05) is 23.1 Å². The fourth-order valence-corrected chi connectivity index (χ4v) is 2.22. The van der Waals surface area contributed by atoms with Crippen molar-refractivity contribution in [3.8, 4) is 0 Å². The minimum Gasteiger partial charge on any atom is -0.323 e. The highest BCUT2D eigenvalue weighted by molar-refractivity contribution is 7.14. The van der Waals surface area contributed by atoms with E-state index >= 15 is 0 Å². The summed E-state index contributed by atoms with van der Waals surface area (Å²) in [6, 6.07) is 2.37. The maximum absolute atomic E-state index is 13.0. The number of rotatable bonds is 3. The second-order valence-electron chi connectivity index (χ2n) is 3.98. The molecule has 3 N–H and O–H groups in total. The first-order valence-electron chi connectivity index (χ1n) is 5.44. The maximum atomic E-state index is 13.0. The van der Waals surface area contributed by atoms with Gasteiger partial charge in [0.25, 0.3) is 5.91 Å². The summed E-state index contributed by atoms with van der Waals surface area (Å²) in [5.41, 5.74) is 6.18. The molecule has 2 rings (SSSR count). The summed E-state index contributed by atoms with van der Waals surface area (Å²) in [7, 11) is 0. The van der Waals surface area contributed by atoms with Crippen LogP contribution in [-0.4, -0.2) is 10.9 Å². The van der Waals surface area contributed by atoms with E-state index in [2.05, 4.69) is 10.3 Å². The van der Waals surface area contributed by atoms with E-state index in [4.69, 9.17) is 5.73 Å². The number of carbonyl (C=O) groups is 1. The fourth-order valence-electron chi connectivity index (χ4n) is 1.41. The molecule has 4 nitrogen and oxygen atoms in total. The zero-order valence-corrected chi connectivity index (χ0v) is 10.8. The Morgan fingerprint density at radius 3 is 2.53 bits per heavy atom. The van der Waals surface area contributed by atoms with E-state index in [0.29, 0.717) is 16.9 Å². The van der Waals surface area contributed by atoms with Gasteiger partial charge in [-0.3, -0.25) is 10.1 Å². The van der Waals surface area contributed by atoms with Crippen LogP contribution in [-0.2, 0) is 0 Å². The highest BCUT2D eigenvalue weighted by atomic mass is 32.1. The lowest BCUT2D eigenvalue weighted by molar-refractivity contribution is 0.102. The van der Waals surface area contributed by atoms with E-state index < -0.39 is 17.5 Å². The number of aromatic nitrogens is 1. The summed E-state index contributed by atoms with van der Waals surface area (Å²) in [6.45, 7) is 1.77. The topological polar surface area (TPSA) is 68.0 Å². The lowest BCUT2D eigenvalue weighted by atomic mass is 10.2. The van der Waals surface area contributed by atoms with Crippen LogP contribution in [0.1, 0.15) is 29.0 Å². The summed E-state index contributed by atoms with van der Waals surface area (Å²) in [4.78, 5) is 15.9. The number of carbonyl (C=O) groups excluding carboxylic acids is 1. The molecule has 1 atom stereocenters. The first kappa shape index (κ1) is 13.6. The predicted octanol–water partition coefficient (Wildman–Crippen LogP) is 2.69. The third-order valence-electron chi connectivity index (χ3n) is 2.33. The van der Waals surface area contributed by atoms with E-state index in [0.717, 1.165) is 12.1 Å². The Kier molecular flexibility index (Phi) is 3.87. The molecule has 0 spiro atoms. The molecule has 0 aliphatic heterocycles. The minimum atomic E-state index is -0.805. The largest absolute Gasteiger partial charge is 0.323 e. The molecule has 0 aliphatic carbocycles. The van der Waals surface area contributed by atoms with Crippen molar-refractivity contribution in [2.24, 2.45) is 5.73 Å². The molecule has 1 heterocycles. The van der Waals surface area contributed by atoms with Gasteiger partial charge in [-0.25, -0.2) is 13.8 Å². The molecule has 0 aliphatic rings. The van der Waals surface area contributed by atoms with Crippen LogP contribution in [0, 0.1) is 11.6 Å². The van der Waals surface area contributed by atoms with E-state index in [9.17, 15) is 13.6 Å². The second kappa shape index (κ2) is 5.41. The number of amides is 1. The Balaban J connectivity index is 2.15. The van der Waals surface area contributed by atoms with Crippen molar-refractivity contribution in [3.05, 3.63) is 46.5 Å². The van der Waals surface area contributed by atoms with Crippen molar-refractivity contribution < 1.29 is 13.6 Å². The van der Waals surface area contributed by atoms with Crippen molar-refractivity contribution in [1.29, 1.82) is 0 Å². The molecule has 0 saturated heterocycles. The minimum absolute atomic E-state index is 0.102. The molecular formula is C12H11F2N3OS. The number of hydrogen-bond donors (Lipinski definition) is 2. The molecule has 7 heteroatoms. The summed E-state index contributed by atoms with van der Waals surface area (Å²) in [5, 5.41) is 4.52. The Hall–Kier alpha value is -1.86. The predicted molar refractivity (Wildman–Crippen MR) is 69.0 cm³/mol. The Morgan fingerprint density at radius 2 is 2.00 bits per heavy atom. The van der Waals surface area contributed by atoms with Crippen molar-refractivity contribution >= 4 is 22.4 Å². The highest BCUT2D eigenvalue weighted by Gasteiger charge is 2.12. The summed E-state index contributed by atoms with van der Waals surface area (Å²) in [5.74, 6) is -2.23. The monoisotopic (exact) mass is 283 g/mol. The van der Waals surface area contributed by atoms with Crippen LogP contribution in [0.15, 0.2) is 23.6 Å². The zero-order chi connectivity index (χ0) is 14.0. The second-order valence-corrected chi connectivity index (χ2v) is 4.84. The van der Waals surface area contributed by atoms with Crippen LogP contribution in [0.2, 0.25) is 0 Å². The van der Waals surface area contributed by atoms with E-state index in [1.54, 1.807) is 12.3 Å². The van der Waals surface area contributed by atoms with Crippen molar-refractivity contribution in [3.63, 3.8) is 0 Å². The van der Waals surface area contributed by atoms with Crippen molar-refractivity contribution in [2.45, 2.75) is 13.0 Å². The molecule has 0 radical (unpaired) electrons. The summed E-state index contributed by atoms with van der Waals surface area (Å²) in [6.07, 6.45) is 0. The van der Waals surface area contributed by atoms with Gasteiger partial charge in [0.15, 0.2) is 5.13 Å². The van der Waals surface area contributed by atoms with E-state index in [1.165, 1.54) is 11.3 Å². The lowest BCUT2D eigenvalue weighted by Gasteiger charge is -2.02. The van der Waals surface area contributed by atoms with Crippen LogP contribution in [0.3, 0.4) is 0 Å². The summed E-state index contributed by atoms with van der Waals surface area (Å²) < 4.78 is 26.0. The number of benzene rings is 1. The SMILES string of the molecule is CC(N)c1csc(NC(=O)c2cc(F)cc(F)c2)n1. The van der Waals surface area contributed by atoms with Crippen LogP contribution < -0.4 is 11.1 Å². The number of nitrogens with one attached hydrogen (secondary N) is 1. The third-order valence-corrected chi connectivity index (χ3v) is 3.11. The van der Waals surface area contributed by atoms with Gasteiger partial charge in [-0.1, -0.05) is 0 Å². The molecule has 19 heavy (non-hydrogen) atoms. The number of nitrogens with zero attached hydrogens (tertiary/aromatic N) is 1. The summed E-state index contributed by atoms with van der Waals surface area (Å²) >= 11 is 1.20. The van der Waals surface area contributed by atoms with Crippen LogP contribution >= 0.6 is 11.3 Å². The van der Waals surface area contributed by atoms with Gasteiger partial charge in [0.05, 0.1) is 5.69 Å². The van der Waals surface area contributed by atoms with Gasteiger partial charge >= 0.3 is 0 Å². The van der Waals surface area contributed by atoms with Crippen molar-refractivity contribution in [2.75, 3.05) is 5.32 Å². The number of halogens is 2. The zero-order valence-electron chi connectivity index (χ0n) is 9.98. The molecule has 0 saturated carbocycles. The van der Waals surface area contributed by atoms with Crippen LogP contribution in [0.25, 0.3) is 0 Å². The number of anilines is 1. The maximum Gasteiger partial charge on any atom is 0.257 e. The number of hydrogen-bond acceptors (Lipinski definition) is 4. The fraction of sp³-hybridized carbons (Fsp3) is 0.167. The lowest BCUT2D eigenvalue weighted by Crippen LogP contribution is -2.13. The molecular weight excluding hydrogens is 272 g/mol. The molecule has 1 aromatic heterocycles. The molecule has 100 valence electrons. The first-order valence-corrected chi connectivity index (χ1v) is 6.32. The molecule has 2 aromatic rings. The van der Waals surface area contributed by atoms with Gasteiger partial charge in [0.2, 0.25) is 0 Å². The van der Waals surface area contributed by atoms with Gasteiger partial charge in [-0.15, -0.1) is 11.3 Å². The van der Waals surface area contributed by atoms with Gasteiger partial charge in [-0.2, -0.15) is 0 Å². The Bertz CT molecular complexity index is 593. The van der Waals surface area contributed by atoms with Crippen molar-refractivity contribution in [1.82, 2.24) is 4.98 Å². The molecule has 1 amide bonds. The van der Waals surface area contributed by atoms with Gasteiger partial charge in [0.1, 0.15) is 11.6 Å². The molecule has 0 bridgehead atoms. The average Bonchev–Trinajstić information content (AvgIpc) is 2.76. The van der Waals surface area contributed by atoms with E-state index in [1.807, 2.05) is 0 Å². The smallest absolute Gasteiger partial charge is 0.257 e. The standard InChI is InChI=1S/C12H11F2N3OS/c1-6(15)10-5-19-12(16-10)17-11(18)7-2-8(13)4-9(14)3-7/h2-6H,15H2,1H3,(H,16,17,18). The highest BCUT2D eigenvalue weighted by Crippen LogP contribution is 2.20. The first-order chi connectivity index (χ1) is 8.95. The Labute approximate surface area is 112 Å². The number of nitrogens with two attached hydrogens (primary N) is 1. The quantitative estimate of drug-likeness (QED) is 0.910. The molecule has 1 unspecified atom stereocenters. The molecule has 1 aromatic carbocycles. The Morgan fingerprint density at radius 1 is 1.37 bits per heavy atom. The molecule has 0 fully saturated rings. The average molecular weight is 283 g/mol. The van der Waals surface area contributed by atoms with Gasteiger partial charge in [-0.05, 0) is 19.1 Å². The van der Waals surface area contributed by atoms with E-state index in [-0.39, 0.29) is 11.6 Å². The van der Waals surface area contributed by atoms with Gasteiger partial charge < -0.3 is 5.73 Å².